The summed E-state index contributed by atoms with van der Waals surface area (Å²) < 4.78 is 0. The van der Waals surface area contributed by atoms with Crippen LogP contribution in [0.3, 0.4) is 0 Å². The molecule has 0 aromatic heterocycles. The van der Waals surface area contributed by atoms with Crippen LogP contribution in [-0.4, -0.2) is 28.8 Å². The standard InChI is InChI=1S/C10H18ClNO/c1-3-12(10(13)8(2)11)9-6-4-5-7-9/h8-9H,3-7H2,1-2H3. The van der Waals surface area contributed by atoms with E-state index in [-0.39, 0.29) is 11.3 Å². The number of carbonyl (C=O) groups excluding carboxylic acids is 1. The molecule has 1 saturated carbocycles. The fourth-order valence-electron chi connectivity index (χ4n) is 2.04. The lowest BCUT2D eigenvalue weighted by atomic mass is 10.2. The van der Waals surface area contributed by atoms with Gasteiger partial charge in [0, 0.05) is 12.6 Å². The van der Waals surface area contributed by atoms with Crippen LogP contribution >= 0.6 is 11.6 Å². The van der Waals surface area contributed by atoms with Crippen molar-refractivity contribution in [1.29, 1.82) is 0 Å². The van der Waals surface area contributed by atoms with Gasteiger partial charge in [-0.2, -0.15) is 0 Å². The minimum absolute atomic E-state index is 0.0936. The van der Waals surface area contributed by atoms with Crippen LogP contribution in [0.1, 0.15) is 39.5 Å². The Bertz CT molecular complexity index is 176. The van der Waals surface area contributed by atoms with Crippen molar-refractivity contribution in [2.45, 2.75) is 50.9 Å². The van der Waals surface area contributed by atoms with Gasteiger partial charge in [-0.3, -0.25) is 4.79 Å². The van der Waals surface area contributed by atoms with E-state index in [1.165, 1.54) is 12.8 Å². The highest BCUT2D eigenvalue weighted by molar-refractivity contribution is 6.30. The van der Waals surface area contributed by atoms with Gasteiger partial charge in [-0.05, 0) is 26.7 Å². The fraction of sp³-hybridized carbons (Fsp3) is 0.900. The molecule has 0 spiro atoms. The quantitative estimate of drug-likeness (QED) is 0.646. The van der Waals surface area contributed by atoms with Crippen molar-refractivity contribution >= 4 is 17.5 Å². The molecule has 0 radical (unpaired) electrons. The Morgan fingerprint density at radius 1 is 1.54 bits per heavy atom. The first-order chi connectivity index (χ1) is 6.16. The highest BCUT2D eigenvalue weighted by Crippen LogP contribution is 2.24. The smallest absolute Gasteiger partial charge is 0.240 e. The van der Waals surface area contributed by atoms with Crippen molar-refractivity contribution in [3.05, 3.63) is 0 Å². The first kappa shape index (κ1) is 10.8. The first-order valence-corrected chi connectivity index (χ1v) is 5.55. The van der Waals surface area contributed by atoms with E-state index < -0.39 is 0 Å². The van der Waals surface area contributed by atoms with Crippen LogP contribution < -0.4 is 0 Å². The zero-order valence-corrected chi connectivity index (χ0v) is 9.18. The van der Waals surface area contributed by atoms with Crippen LogP contribution in [0.4, 0.5) is 0 Å². The monoisotopic (exact) mass is 203 g/mol. The van der Waals surface area contributed by atoms with E-state index >= 15 is 0 Å². The van der Waals surface area contributed by atoms with E-state index in [1.807, 2.05) is 11.8 Å². The van der Waals surface area contributed by atoms with Gasteiger partial charge >= 0.3 is 0 Å². The average molecular weight is 204 g/mol. The molecule has 3 heteroatoms. The van der Waals surface area contributed by atoms with Crippen LogP contribution in [0.2, 0.25) is 0 Å². The maximum Gasteiger partial charge on any atom is 0.240 e. The number of hydrogen-bond donors (Lipinski definition) is 0. The summed E-state index contributed by atoms with van der Waals surface area (Å²) in [5, 5.41) is -0.374. The number of rotatable bonds is 3. The lowest BCUT2D eigenvalue weighted by Gasteiger charge is -2.28. The molecule has 1 rings (SSSR count). The van der Waals surface area contributed by atoms with E-state index in [1.54, 1.807) is 6.92 Å². The Balaban J connectivity index is 2.55. The summed E-state index contributed by atoms with van der Waals surface area (Å²) in [4.78, 5) is 13.6. The number of carbonyl (C=O) groups is 1. The molecule has 0 heterocycles. The summed E-state index contributed by atoms with van der Waals surface area (Å²) in [7, 11) is 0. The third kappa shape index (κ3) is 2.60. The van der Waals surface area contributed by atoms with E-state index in [4.69, 9.17) is 11.6 Å². The highest BCUT2D eigenvalue weighted by Gasteiger charge is 2.27. The number of alkyl halides is 1. The average Bonchev–Trinajstić information content (AvgIpc) is 2.58. The van der Waals surface area contributed by atoms with Crippen LogP contribution in [0.25, 0.3) is 0 Å². The molecule has 13 heavy (non-hydrogen) atoms. The zero-order chi connectivity index (χ0) is 9.84. The van der Waals surface area contributed by atoms with Gasteiger partial charge in [0.1, 0.15) is 5.38 Å². The van der Waals surface area contributed by atoms with Gasteiger partial charge in [0.25, 0.3) is 0 Å². The molecule has 2 nitrogen and oxygen atoms in total. The molecular formula is C10H18ClNO. The number of hydrogen-bond acceptors (Lipinski definition) is 1. The highest BCUT2D eigenvalue weighted by atomic mass is 35.5. The zero-order valence-electron chi connectivity index (χ0n) is 8.42. The van der Waals surface area contributed by atoms with Crippen LogP contribution in [0, 0.1) is 0 Å². The van der Waals surface area contributed by atoms with Gasteiger partial charge in [0.15, 0.2) is 0 Å². The van der Waals surface area contributed by atoms with Crippen molar-refractivity contribution in [3.8, 4) is 0 Å². The van der Waals surface area contributed by atoms with Gasteiger partial charge in [-0.25, -0.2) is 0 Å². The lowest BCUT2D eigenvalue weighted by molar-refractivity contribution is -0.132. The predicted octanol–water partition coefficient (Wildman–Crippen LogP) is 2.40. The molecule has 1 aliphatic rings. The number of halogens is 1. The number of nitrogens with zero attached hydrogens (tertiary/aromatic N) is 1. The second-order valence-corrected chi connectivity index (χ2v) is 4.33. The van der Waals surface area contributed by atoms with E-state index in [0.717, 1.165) is 19.4 Å². The molecule has 76 valence electrons. The molecule has 1 atom stereocenters. The van der Waals surface area contributed by atoms with E-state index in [0.29, 0.717) is 6.04 Å². The molecule has 0 aromatic carbocycles. The Morgan fingerprint density at radius 2 is 2.08 bits per heavy atom. The summed E-state index contributed by atoms with van der Waals surface area (Å²) in [6.45, 7) is 4.57. The van der Waals surface area contributed by atoms with Gasteiger partial charge < -0.3 is 4.90 Å². The largest absolute Gasteiger partial charge is 0.339 e. The van der Waals surface area contributed by atoms with Crippen molar-refractivity contribution in [2.24, 2.45) is 0 Å². The minimum atomic E-state index is -0.374. The third-order valence-corrected chi connectivity index (χ3v) is 2.92. The molecule has 1 unspecified atom stereocenters. The first-order valence-electron chi connectivity index (χ1n) is 5.11. The summed E-state index contributed by atoms with van der Waals surface area (Å²) in [5.41, 5.74) is 0. The van der Waals surface area contributed by atoms with Gasteiger partial charge in [-0.15, -0.1) is 11.6 Å². The van der Waals surface area contributed by atoms with Crippen molar-refractivity contribution in [1.82, 2.24) is 4.90 Å². The molecule has 0 bridgehead atoms. The summed E-state index contributed by atoms with van der Waals surface area (Å²) in [6, 6.07) is 0.457. The van der Waals surface area contributed by atoms with Crippen LogP contribution in [-0.2, 0) is 4.79 Å². The van der Waals surface area contributed by atoms with Crippen LogP contribution in [0.5, 0.6) is 0 Å². The number of amides is 1. The maximum absolute atomic E-state index is 11.7. The third-order valence-electron chi connectivity index (χ3n) is 2.73. The predicted molar refractivity (Wildman–Crippen MR) is 55.0 cm³/mol. The molecule has 1 aliphatic carbocycles. The topological polar surface area (TPSA) is 20.3 Å². The Hall–Kier alpha value is -0.240. The van der Waals surface area contributed by atoms with Gasteiger partial charge in [-0.1, -0.05) is 12.8 Å². The van der Waals surface area contributed by atoms with Gasteiger partial charge in [0.2, 0.25) is 5.91 Å². The summed E-state index contributed by atoms with van der Waals surface area (Å²) >= 11 is 5.79. The SMILES string of the molecule is CCN(C(=O)C(C)Cl)C1CCCC1. The molecule has 0 aliphatic heterocycles. The second kappa shape index (κ2) is 4.85. The van der Waals surface area contributed by atoms with Crippen LogP contribution in [0.15, 0.2) is 0 Å². The Kier molecular flexibility index (Phi) is 4.04. The fourth-order valence-corrected chi connectivity index (χ4v) is 2.16. The molecule has 1 amide bonds. The molecule has 1 fully saturated rings. The van der Waals surface area contributed by atoms with Gasteiger partial charge in [0.05, 0.1) is 0 Å². The molecular weight excluding hydrogens is 186 g/mol. The maximum atomic E-state index is 11.7. The molecule has 0 saturated heterocycles. The summed E-state index contributed by atoms with van der Waals surface area (Å²) in [6.07, 6.45) is 4.82. The van der Waals surface area contributed by atoms with E-state index in [9.17, 15) is 4.79 Å². The van der Waals surface area contributed by atoms with Crippen molar-refractivity contribution in [3.63, 3.8) is 0 Å². The Morgan fingerprint density at radius 3 is 2.46 bits per heavy atom. The minimum Gasteiger partial charge on any atom is -0.339 e. The second-order valence-electron chi connectivity index (χ2n) is 3.68. The lowest BCUT2D eigenvalue weighted by Crippen LogP contribution is -2.42. The Labute approximate surface area is 85.2 Å². The van der Waals surface area contributed by atoms with Crippen molar-refractivity contribution in [2.75, 3.05) is 6.54 Å². The molecule has 0 aromatic rings. The van der Waals surface area contributed by atoms with E-state index in [2.05, 4.69) is 0 Å². The van der Waals surface area contributed by atoms with Crippen molar-refractivity contribution < 1.29 is 4.79 Å². The normalized spacial score (nSPS) is 20.2. The molecule has 0 N–H and O–H groups in total. The summed E-state index contributed by atoms with van der Waals surface area (Å²) in [5.74, 6) is 0.0936.